The van der Waals surface area contributed by atoms with E-state index in [1.807, 2.05) is 0 Å². The largest absolute Gasteiger partial charge is 0.392 e. The van der Waals surface area contributed by atoms with Gasteiger partial charge in [0.15, 0.2) is 5.03 Å². The van der Waals surface area contributed by atoms with Crippen molar-refractivity contribution in [2.24, 2.45) is 0 Å². The van der Waals surface area contributed by atoms with Crippen LogP contribution >= 0.6 is 0 Å². The summed E-state index contributed by atoms with van der Waals surface area (Å²) >= 11 is 0. The van der Waals surface area contributed by atoms with Crippen LogP contribution in [0.2, 0.25) is 0 Å². The number of sulfonamides is 1. The quantitative estimate of drug-likeness (QED) is 0.746. The van der Waals surface area contributed by atoms with Gasteiger partial charge in [0.05, 0.1) is 12.8 Å². The third kappa shape index (κ3) is 3.16. The van der Waals surface area contributed by atoms with E-state index in [2.05, 4.69) is 14.9 Å². The summed E-state index contributed by atoms with van der Waals surface area (Å²) < 4.78 is 39.1. The summed E-state index contributed by atoms with van der Waals surface area (Å²) in [5.74, 6) is -0.436. The van der Waals surface area contributed by atoms with Gasteiger partial charge in [-0.05, 0) is 17.7 Å². The normalized spacial score (nSPS) is 11.7. The second-order valence-corrected chi connectivity index (χ2v) is 5.54. The molecule has 0 aliphatic rings. The van der Waals surface area contributed by atoms with Crippen molar-refractivity contribution in [2.75, 3.05) is 0 Å². The van der Waals surface area contributed by atoms with Crippen molar-refractivity contribution in [3.63, 3.8) is 0 Å². The molecule has 0 aliphatic heterocycles. The number of hydrogen-bond donors (Lipinski definition) is 3. The molecule has 8 heteroatoms. The third-order valence-electron chi connectivity index (χ3n) is 2.47. The number of aromatic nitrogens is 2. The van der Waals surface area contributed by atoms with Gasteiger partial charge >= 0.3 is 0 Å². The molecule has 0 aliphatic carbocycles. The molecule has 102 valence electrons. The summed E-state index contributed by atoms with van der Waals surface area (Å²) in [6.07, 6.45) is 1.23. The van der Waals surface area contributed by atoms with Crippen LogP contribution in [0.3, 0.4) is 0 Å². The lowest BCUT2D eigenvalue weighted by Crippen LogP contribution is -2.24. The summed E-state index contributed by atoms with van der Waals surface area (Å²) in [4.78, 5) is 0. The zero-order valence-corrected chi connectivity index (χ0v) is 10.6. The number of nitrogens with zero attached hydrogens (tertiary/aromatic N) is 1. The molecule has 2 aromatic rings. The highest BCUT2D eigenvalue weighted by atomic mass is 32.2. The summed E-state index contributed by atoms with van der Waals surface area (Å²) in [6.45, 7) is -0.489. The van der Waals surface area contributed by atoms with E-state index in [1.165, 1.54) is 24.4 Å². The molecule has 1 heterocycles. The Morgan fingerprint density at radius 3 is 2.89 bits per heavy atom. The predicted octanol–water partition coefficient (Wildman–Crippen LogP) is 0.520. The van der Waals surface area contributed by atoms with Crippen LogP contribution in [0.4, 0.5) is 4.39 Å². The molecule has 3 N–H and O–H groups in total. The molecule has 6 nitrogen and oxygen atoms in total. The Balaban J connectivity index is 2.14. The average Bonchev–Trinajstić information content (AvgIpc) is 2.86. The van der Waals surface area contributed by atoms with Crippen LogP contribution in [0, 0.1) is 5.82 Å². The van der Waals surface area contributed by atoms with Gasteiger partial charge in [-0.25, -0.2) is 17.5 Å². The van der Waals surface area contributed by atoms with Gasteiger partial charge in [0.1, 0.15) is 5.82 Å². The monoisotopic (exact) mass is 285 g/mol. The van der Waals surface area contributed by atoms with E-state index in [9.17, 15) is 12.8 Å². The maximum Gasteiger partial charge on any atom is 0.258 e. The van der Waals surface area contributed by atoms with Crippen LogP contribution in [-0.4, -0.2) is 23.7 Å². The van der Waals surface area contributed by atoms with Crippen LogP contribution in [0.1, 0.15) is 11.1 Å². The van der Waals surface area contributed by atoms with Gasteiger partial charge in [0.25, 0.3) is 10.0 Å². The van der Waals surface area contributed by atoms with Crippen LogP contribution in [0.25, 0.3) is 0 Å². The van der Waals surface area contributed by atoms with Gasteiger partial charge in [-0.2, -0.15) is 5.10 Å². The fraction of sp³-hybridized carbons (Fsp3) is 0.182. The number of aliphatic hydroxyl groups is 1. The molecule has 0 fully saturated rings. The zero-order valence-electron chi connectivity index (χ0n) is 9.80. The Bertz CT molecular complexity index is 669. The maximum atomic E-state index is 13.0. The van der Waals surface area contributed by atoms with E-state index < -0.39 is 22.4 Å². The minimum absolute atomic E-state index is 0.0516. The fourth-order valence-corrected chi connectivity index (χ4v) is 2.68. The minimum Gasteiger partial charge on any atom is -0.392 e. The SMILES string of the molecule is O=S(=O)(NCc1cccc(F)c1)c1[nH]ncc1CO. The van der Waals surface area contributed by atoms with Gasteiger partial charge in [-0.3, -0.25) is 5.10 Å². The highest BCUT2D eigenvalue weighted by Gasteiger charge is 2.20. The Kier molecular flexibility index (Phi) is 3.93. The molecule has 0 atom stereocenters. The second kappa shape index (κ2) is 5.47. The number of nitrogens with one attached hydrogen (secondary N) is 2. The standard InChI is InChI=1S/C11H12FN3O3S/c12-10-3-1-2-8(4-10)5-14-19(17,18)11-9(7-16)6-13-15-11/h1-4,6,14,16H,5,7H2,(H,13,15). The van der Waals surface area contributed by atoms with Crippen molar-refractivity contribution in [1.82, 2.24) is 14.9 Å². The fourth-order valence-electron chi connectivity index (χ4n) is 1.54. The zero-order chi connectivity index (χ0) is 13.9. The molecule has 0 radical (unpaired) electrons. The number of rotatable bonds is 5. The number of aromatic amines is 1. The van der Waals surface area contributed by atoms with E-state index in [4.69, 9.17) is 5.11 Å². The molecular weight excluding hydrogens is 273 g/mol. The number of halogens is 1. The van der Waals surface area contributed by atoms with Crippen LogP contribution < -0.4 is 4.72 Å². The number of aliphatic hydroxyl groups excluding tert-OH is 1. The smallest absolute Gasteiger partial charge is 0.258 e. The molecule has 1 aromatic carbocycles. The number of hydrogen-bond acceptors (Lipinski definition) is 4. The maximum absolute atomic E-state index is 13.0. The molecule has 0 saturated carbocycles. The first-order valence-electron chi connectivity index (χ1n) is 5.40. The molecule has 2 rings (SSSR count). The lowest BCUT2D eigenvalue weighted by molar-refractivity contribution is 0.278. The highest BCUT2D eigenvalue weighted by Crippen LogP contribution is 2.12. The number of benzene rings is 1. The lowest BCUT2D eigenvalue weighted by Gasteiger charge is -2.06. The highest BCUT2D eigenvalue weighted by molar-refractivity contribution is 7.89. The molecule has 0 spiro atoms. The van der Waals surface area contributed by atoms with Gasteiger partial charge in [0.2, 0.25) is 0 Å². The molecule has 0 bridgehead atoms. The molecule has 1 aromatic heterocycles. The first-order valence-corrected chi connectivity index (χ1v) is 6.88. The van der Waals surface area contributed by atoms with E-state index in [0.717, 1.165) is 0 Å². The van der Waals surface area contributed by atoms with Crippen LogP contribution in [-0.2, 0) is 23.2 Å². The van der Waals surface area contributed by atoms with Crippen molar-refractivity contribution >= 4 is 10.0 Å². The van der Waals surface area contributed by atoms with E-state index >= 15 is 0 Å². The third-order valence-corrected chi connectivity index (χ3v) is 3.89. The van der Waals surface area contributed by atoms with Crippen molar-refractivity contribution in [3.8, 4) is 0 Å². The van der Waals surface area contributed by atoms with Crippen molar-refractivity contribution in [1.29, 1.82) is 0 Å². The first kappa shape index (κ1) is 13.7. The Morgan fingerprint density at radius 2 is 2.21 bits per heavy atom. The van der Waals surface area contributed by atoms with E-state index in [-0.39, 0.29) is 17.1 Å². The van der Waals surface area contributed by atoms with Crippen LogP contribution in [0.5, 0.6) is 0 Å². The Labute approximate surface area is 109 Å². The van der Waals surface area contributed by atoms with Crippen molar-refractivity contribution < 1.29 is 17.9 Å². The van der Waals surface area contributed by atoms with E-state index in [0.29, 0.717) is 5.56 Å². The van der Waals surface area contributed by atoms with Crippen LogP contribution in [0.15, 0.2) is 35.5 Å². The molecule has 19 heavy (non-hydrogen) atoms. The minimum atomic E-state index is -3.82. The summed E-state index contributed by atoms with van der Waals surface area (Å²) in [5, 5.41) is 14.7. The first-order chi connectivity index (χ1) is 9.03. The predicted molar refractivity (Wildman–Crippen MR) is 64.9 cm³/mol. The lowest BCUT2D eigenvalue weighted by atomic mass is 10.2. The molecular formula is C11H12FN3O3S. The average molecular weight is 285 g/mol. The van der Waals surface area contributed by atoms with Crippen molar-refractivity contribution in [2.45, 2.75) is 18.2 Å². The van der Waals surface area contributed by atoms with Gasteiger partial charge in [-0.15, -0.1) is 0 Å². The summed E-state index contributed by atoms with van der Waals surface area (Å²) in [6, 6.07) is 5.61. The Hall–Kier alpha value is -1.77. The van der Waals surface area contributed by atoms with Gasteiger partial charge < -0.3 is 5.11 Å². The second-order valence-electron chi connectivity index (χ2n) is 3.84. The topological polar surface area (TPSA) is 95.1 Å². The van der Waals surface area contributed by atoms with E-state index in [1.54, 1.807) is 6.07 Å². The summed E-state index contributed by atoms with van der Waals surface area (Å²) in [5.41, 5.74) is 0.667. The molecule has 0 amide bonds. The van der Waals surface area contributed by atoms with Gasteiger partial charge in [-0.1, -0.05) is 12.1 Å². The Morgan fingerprint density at radius 1 is 1.42 bits per heavy atom. The number of H-pyrrole nitrogens is 1. The summed E-state index contributed by atoms with van der Waals surface area (Å²) in [7, 11) is -3.82. The molecule has 0 unspecified atom stereocenters. The van der Waals surface area contributed by atoms with Crippen molar-refractivity contribution in [3.05, 3.63) is 47.4 Å². The van der Waals surface area contributed by atoms with Gasteiger partial charge in [0, 0.05) is 12.1 Å². The molecule has 0 saturated heterocycles.